The quantitative estimate of drug-likeness (QED) is 0.651. The average Bonchev–Trinajstić information content (AvgIpc) is 2.34. The molecule has 1 aromatic rings. The van der Waals surface area contributed by atoms with Crippen molar-refractivity contribution in [2.45, 2.75) is 12.5 Å². The lowest BCUT2D eigenvalue weighted by atomic mass is 10.0. The van der Waals surface area contributed by atoms with E-state index in [0.29, 0.717) is 31.3 Å². The number of hydrogen-bond donors (Lipinski definition) is 2. The third-order valence-corrected chi connectivity index (χ3v) is 2.32. The fourth-order valence-corrected chi connectivity index (χ4v) is 1.43. The summed E-state index contributed by atoms with van der Waals surface area (Å²) in [5.74, 6) is 0.339. The van der Waals surface area contributed by atoms with Crippen LogP contribution in [-0.4, -0.2) is 49.0 Å². The Kier molecular flexibility index (Phi) is 5.27. The van der Waals surface area contributed by atoms with Gasteiger partial charge in [0.05, 0.1) is 13.7 Å². The van der Waals surface area contributed by atoms with E-state index in [2.05, 4.69) is 15.3 Å². The highest BCUT2D eigenvalue weighted by molar-refractivity contribution is 5.23. The molecule has 0 aliphatic heterocycles. The molecule has 0 spiro atoms. The summed E-state index contributed by atoms with van der Waals surface area (Å²) in [6, 6.07) is 0. The molecule has 0 saturated carbocycles. The van der Waals surface area contributed by atoms with Gasteiger partial charge in [-0.1, -0.05) is 0 Å². The standard InChI is InChI=1S/C11H19N3O3/c1-11(15,8-12-6-7-16-2)9-10(17-3)14-5-4-13-9/h4-5,12,15H,6-8H2,1-3H3. The third kappa shape index (κ3) is 3.92. The van der Waals surface area contributed by atoms with E-state index in [1.165, 1.54) is 19.5 Å². The summed E-state index contributed by atoms with van der Waals surface area (Å²) < 4.78 is 9.98. The van der Waals surface area contributed by atoms with Gasteiger partial charge in [0.25, 0.3) is 0 Å². The van der Waals surface area contributed by atoms with E-state index in [4.69, 9.17) is 9.47 Å². The maximum Gasteiger partial charge on any atom is 0.238 e. The minimum atomic E-state index is -1.13. The van der Waals surface area contributed by atoms with Crippen LogP contribution in [0.5, 0.6) is 5.88 Å². The number of aliphatic hydroxyl groups is 1. The first-order valence-corrected chi connectivity index (χ1v) is 5.39. The van der Waals surface area contributed by atoms with Gasteiger partial charge in [0.15, 0.2) is 0 Å². The molecule has 1 unspecified atom stereocenters. The van der Waals surface area contributed by atoms with E-state index in [9.17, 15) is 5.11 Å². The number of aromatic nitrogens is 2. The molecule has 0 saturated heterocycles. The minimum Gasteiger partial charge on any atom is -0.480 e. The maximum atomic E-state index is 10.3. The third-order valence-electron chi connectivity index (χ3n) is 2.32. The molecule has 6 nitrogen and oxygen atoms in total. The lowest BCUT2D eigenvalue weighted by Crippen LogP contribution is -2.38. The first-order valence-electron chi connectivity index (χ1n) is 5.39. The predicted octanol–water partition coefficient (Wildman–Crippen LogP) is -0.0713. The van der Waals surface area contributed by atoms with Crippen molar-refractivity contribution in [1.29, 1.82) is 0 Å². The molecule has 0 bridgehead atoms. The molecule has 0 fully saturated rings. The van der Waals surface area contributed by atoms with Crippen molar-refractivity contribution in [3.05, 3.63) is 18.1 Å². The van der Waals surface area contributed by atoms with Crippen molar-refractivity contribution in [3.63, 3.8) is 0 Å². The Hall–Kier alpha value is -1.24. The van der Waals surface area contributed by atoms with Gasteiger partial charge in [0.1, 0.15) is 11.3 Å². The first kappa shape index (κ1) is 13.8. The highest BCUT2D eigenvalue weighted by Crippen LogP contribution is 2.24. The molecule has 96 valence electrons. The zero-order chi connectivity index (χ0) is 12.7. The number of hydrogen-bond acceptors (Lipinski definition) is 6. The fraction of sp³-hybridized carbons (Fsp3) is 0.636. The minimum absolute atomic E-state index is 0.339. The van der Waals surface area contributed by atoms with Crippen LogP contribution >= 0.6 is 0 Å². The van der Waals surface area contributed by atoms with Crippen LogP contribution < -0.4 is 10.1 Å². The van der Waals surface area contributed by atoms with Crippen molar-refractivity contribution in [2.75, 3.05) is 33.9 Å². The molecule has 17 heavy (non-hydrogen) atoms. The van der Waals surface area contributed by atoms with Gasteiger partial charge in [-0.2, -0.15) is 0 Å². The van der Waals surface area contributed by atoms with Gasteiger partial charge in [-0.3, -0.25) is 4.98 Å². The van der Waals surface area contributed by atoms with Gasteiger partial charge in [0, 0.05) is 32.6 Å². The Morgan fingerprint density at radius 2 is 2.06 bits per heavy atom. The zero-order valence-electron chi connectivity index (χ0n) is 10.4. The van der Waals surface area contributed by atoms with Crippen LogP contribution in [0.15, 0.2) is 12.4 Å². The van der Waals surface area contributed by atoms with Crippen molar-refractivity contribution in [3.8, 4) is 5.88 Å². The Morgan fingerprint density at radius 3 is 2.71 bits per heavy atom. The normalized spacial score (nSPS) is 14.4. The van der Waals surface area contributed by atoms with Gasteiger partial charge in [0.2, 0.25) is 5.88 Å². The fourth-order valence-electron chi connectivity index (χ4n) is 1.43. The molecule has 1 heterocycles. The predicted molar refractivity (Wildman–Crippen MR) is 62.9 cm³/mol. The van der Waals surface area contributed by atoms with Crippen molar-refractivity contribution in [2.24, 2.45) is 0 Å². The van der Waals surface area contributed by atoms with Crippen molar-refractivity contribution in [1.82, 2.24) is 15.3 Å². The van der Waals surface area contributed by atoms with Crippen LogP contribution in [0.3, 0.4) is 0 Å². The Bertz CT molecular complexity index is 344. The highest BCUT2D eigenvalue weighted by atomic mass is 16.5. The van der Waals surface area contributed by atoms with Crippen molar-refractivity contribution < 1.29 is 14.6 Å². The number of ether oxygens (including phenoxy) is 2. The molecule has 0 aliphatic carbocycles. The molecule has 1 aromatic heterocycles. The van der Waals surface area contributed by atoms with Crippen LogP contribution in [0.2, 0.25) is 0 Å². The van der Waals surface area contributed by atoms with Crippen LogP contribution in [0.1, 0.15) is 12.6 Å². The Labute approximate surface area is 101 Å². The second-order valence-corrected chi connectivity index (χ2v) is 3.86. The average molecular weight is 241 g/mol. The SMILES string of the molecule is COCCNCC(C)(O)c1nccnc1OC. The van der Waals surface area contributed by atoms with E-state index in [-0.39, 0.29) is 0 Å². The van der Waals surface area contributed by atoms with Gasteiger partial charge < -0.3 is 19.9 Å². The maximum absolute atomic E-state index is 10.3. The number of methoxy groups -OCH3 is 2. The van der Waals surface area contributed by atoms with Gasteiger partial charge in [-0.25, -0.2) is 4.98 Å². The molecule has 6 heteroatoms. The Morgan fingerprint density at radius 1 is 1.35 bits per heavy atom. The van der Waals surface area contributed by atoms with Gasteiger partial charge >= 0.3 is 0 Å². The van der Waals surface area contributed by atoms with E-state index in [1.54, 1.807) is 14.0 Å². The second kappa shape index (κ2) is 6.48. The molecule has 1 atom stereocenters. The number of nitrogens with one attached hydrogen (secondary N) is 1. The van der Waals surface area contributed by atoms with Crippen LogP contribution in [-0.2, 0) is 10.3 Å². The molecule has 1 rings (SSSR count). The molecule has 0 amide bonds. The molecule has 0 aromatic carbocycles. The van der Waals surface area contributed by atoms with Crippen LogP contribution in [0.25, 0.3) is 0 Å². The van der Waals surface area contributed by atoms with Gasteiger partial charge in [-0.05, 0) is 6.92 Å². The smallest absolute Gasteiger partial charge is 0.238 e. The van der Waals surface area contributed by atoms with Crippen LogP contribution in [0, 0.1) is 0 Å². The molecule has 0 aliphatic rings. The lowest BCUT2D eigenvalue weighted by Gasteiger charge is -2.24. The molecule has 0 radical (unpaired) electrons. The second-order valence-electron chi connectivity index (χ2n) is 3.86. The summed E-state index contributed by atoms with van der Waals surface area (Å²) in [5, 5.41) is 13.4. The monoisotopic (exact) mass is 241 g/mol. The van der Waals surface area contributed by atoms with Gasteiger partial charge in [-0.15, -0.1) is 0 Å². The number of rotatable bonds is 7. The summed E-state index contributed by atoms with van der Waals surface area (Å²) in [4.78, 5) is 8.12. The zero-order valence-corrected chi connectivity index (χ0v) is 10.4. The summed E-state index contributed by atoms with van der Waals surface area (Å²) in [6.07, 6.45) is 3.05. The van der Waals surface area contributed by atoms with E-state index >= 15 is 0 Å². The summed E-state index contributed by atoms with van der Waals surface area (Å²) >= 11 is 0. The Balaban J connectivity index is 2.67. The number of nitrogens with zero attached hydrogens (tertiary/aromatic N) is 2. The topological polar surface area (TPSA) is 76.5 Å². The first-order chi connectivity index (χ1) is 8.11. The lowest BCUT2D eigenvalue weighted by molar-refractivity contribution is 0.0472. The van der Waals surface area contributed by atoms with E-state index in [0.717, 1.165) is 0 Å². The van der Waals surface area contributed by atoms with E-state index < -0.39 is 5.60 Å². The highest BCUT2D eigenvalue weighted by Gasteiger charge is 2.28. The van der Waals surface area contributed by atoms with E-state index in [1.807, 2.05) is 0 Å². The van der Waals surface area contributed by atoms with Crippen molar-refractivity contribution >= 4 is 0 Å². The molecular weight excluding hydrogens is 222 g/mol. The summed E-state index contributed by atoms with van der Waals surface area (Å²) in [5.41, 5.74) is -0.708. The molecule has 2 N–H and O–H groups in total. The molecular formula is C11H19N3O3. The van der Waals surface area contributed by atoms with Crippen LogP contribution in [0.4, 0.5) is 0 Å². The summed E-state index contributed by atoms with van der Waals surface area (Å²) in [6.45, 7) is 3.27. The summed E-state index contributed by atoms with van der Waals surface area (Å²) in [7, 11) is 3.13. The largest absolute Gasteiger partial charge is 0.480 e.